The Morgan fingerprint density at radius 3 is 2.68 bits per heavy atom. The van der Waals surface area contributed by atoms with Gasteiger partial charge in [-0.05, 0) is 25.5 Å². The predicted octanol–water partition coefficient (Wildman–Crippen LogP) is 3.67. The molecule has 0 aliphatic heterocycles. The fraction of sp³-hybridized carbons (Fsp3) is 0.462. The van der Waals surface area contributed by atoms with Gasteiger partial charge in [0.1, 0.15) is 5.82 Å². The van der Waals surface area contributed by atoms with Gasteiger partial charge in [-0.25, -0.2) is 4.39 Å². The van der Waals surface area contributed by atoms with E-state index in [1.807, 2.05) is 6.07 Å². The standard InChI is InChI=1S/C13H19BrFN3.HI/c1-4-9(2)18-13(16-3)17-8-10-5-6-11(14)7-12(10)15;/h5-7,9H,4,8H2,1-3H3,(H2,16,17,18);1H. The second kappa shape index (κ2) is 9.52. The van der Waals surface area contributed by atoms with Gasteiger partial charge >= 0.3 is 0 Å². The summed E-state index contributed by atoms with van der Waals surface area (Å²) in [6.07, 6.45) is 1.01. The molecule has 1 aromatic rings. The highest BCUT2D eigenvalue weighted by atomic mass is 127. The van der Waals surface area contributed by atoms with Crippen LogP contribution in [0, 0.1) is 5.82 Å². The summed E-state index contributed by atoms with van der Waals surface area (Å²) in [5.41, 5.74) is 0.616. The Bertz CT molecular complexity index is 426. The maximum Gasteiger partial charge on any atom is 0.191 e. The number of aliphatic imine (C=N–C) groups is 1. The summed E-state index contributed by atoms with van der Waals surface area (Å²) in [5.74, 6) is 0.461. The van der Waals surface area contributed by atoms with E-state index < -0.39 is 0 Å². The van der Waals surface area contributed by atoms with Gasteiger partial charge in [-0.15, -0.1) is 24.0 Å². The van der Waals surface area contributed by atoms with E-state index in [2.05, 4.69) is 45.4 Å². The number of benzene rings is 1. The molecule has 1 unspecified atom stereocenters. The Labute approximate surface area is 139 Å². The van der Waals surface area contributed by atoms with E-state index in [0.29, 0.717) is 24.1 Å². The van der Waals surface area contributed by atoms with E-state index in [1.165, 1.54) is 6.07 Å². The molecule has 0 aromatic heterocycles. The highest BCUT2D eigenvalue weighted by Crippen LogP contribution is 2.14. The molecule has 108 valence electrons. The van der Waals surface area contributed by atoms with Crippen molar-refractivity contribution in [3.63, 3.8) is 0 Å². The summed E-state index contributed by atoms with van der Waals surface area (Å²) in [7, 11) is 1.70. The van der Waals surface area contributed by atoms with Crippen LogP contribution in [-0.2, 0) is 6.54 Å². The van der Waals surface area contributed by atoms with E-state index >= 15 is 0 Å². The van der Waals surface area contributed by atoms with Crippen LogP contribution in [0.5, 0.6) is 0 Å². The zero-order chi connectivity index (χ0) is 13.5. The molecule has 2 N–H and O–H groups in total. The third-order valence-electron chi connectivity index (χ3n) is 2.68. The first-order valence-corrected chi connectivity index (χ1v) is 6.77. The van der Waals surface area contributed by atoms with Gasteiger partial charge in [0, 0.05) is 29.7 Å². The Morgan fingerprint density at radius 2 is 2.16 bits per heavy atom. The van der Waals surface area contributed by atoms with Gasteiger partial charge in [0.25, 0.3) is 0 Å². The van der Waals surface area contributed by atoms with Crippen LogP contribution in [0.25, 0.3) is 0 Å². The average molecular weight is 444 g/mol. The molecule has 0 amide bonds. The predicted molar refractivity (Wildman–Crippen MR) is 92.6 cm³/mol. The molecular formula is C13H20BrFIN3. The summed E-state index contributed by atoms with van der Waals surface area (Å²) < 4.78 is 14.3. The van der Waals surface area contributed by atoms with Crippen LogP contribution >= 0.6 is 39.9 Å². The van der Waals surface area contributed by atoms with Gasteiger partial charge in [-0.2, -0.15) is 0 Å². The lowest BCUT2D eigenvalue weighted by atomic mass is 10.2. The Morgan fingerprint density at radius 1 is 1.47 bits per heavy atom. The number of nitrogens with one attached hydrogen (secondary N) is 2. The van der Waals surface area contributed by atoms with E-state index in [4.69, 9.17) is 0 Å². The number of halogens is 3. The van der Waals surface area contributed by atoms with E-state index in [1.54, 1.807) is 13.1 Å². The van der Waals surface area contributed by atoms with Gasteiger partial charge in [0.2, 0.25) is 0 Å². The minimum Gasteiger partial charge on any atom is -0.354 e. The Kier molecular flexibility index (Phi) is 9.34. The molecule has 0 bridgehead atoms. The zero-order valence-corrected chi connectivity index (χ0v) is 15.3. The van der Waals surface area contributed by atoms with E-state index in [0.717, 1.165) is 10.9 Å². The molecule has 3 nitrogen and oxygen atoms in total. The van der Waals surface area contributed by atoms with Crippen LogP contribution < -0.4 is 10.6 Å². The minimum atomic E-state index is -0.226. The van der Waals surface area contributed by atoms with Gasteiger partial charge in [0.05, 0.1) is 0 Å². The molecule has 0 fully saturated rings. The van der Waals surface area contributed by atoms with Gasteiger partial charge < -0.3 is 10.6 Å². The van der Waals surface area contributed by atoms with Crippen molar-refractivity contribution in [3.8, 4) is 0 Å². The number of hydrogen-bond acceptors (Lipinski definition) is 1. The van der Waals surface area contributed by atoms with Crippen molar-refractivity contribution >= 4 is 45.9 Å². The SMILES string of the molecule is CCC(C)NC(=NC)NCc1ccc(Br)cc1F.I. The quantitative estimate of drug-likeness (QED) is 0.423. The molecule has 19 heavy (non-hydrogen) atoms. The van der Waals surface area contributed by atoms with Crippen molar-refractivity contribution in [2.45, 2.75) is 32.9 Å². The molecule has 1 rings (SSSR count). The van der Waals surface area contributed by atoms with Crippen LogP contribution in [0.2, 0.25) is 0 Å². The van der Waals surface area contributed by atoms with Crippen LogP contribution in [0.3, 0.4) is 0 Å². The van der Waals surface area contributed by atoms with Crippen molar-refractivity contribution in [1.82, 2.24) is 10.6 Å². The van der Waals surface area contributed by atoms with E-state index in [9.17, 15) is 4.39 Å². The first-order valence-electron chi connectivity index (χ1n) is 5.98. The summed E-state index contributed by atoms with van der Waals surface area (Å²) in [5, 5.41) is 6.32. The number of guanidine groups is 1. The molecule has 0 aliphatic carbocycles. The van der Waals surface area contributed by atoms with Crippen molar-refractivity contribution in [2.75, 3.05) is 7.05 Å². The fourth-order valence-corrected chi connectivity index (χ4v) is 1.71. The molecule has 6 heteroatoms. The number of hydrogen-bond donors (Lipinski definition) is 2. The third-order valence-corrected chi connectivity index (χ3v) is 3.17. The van der Waals surface area contributed by atoms with Crippen molar-refractivity contribution < 1.29 is 4.39 Å². The molecular weight excluding hydrogens is 424 g/mol. The Hall–Kier alpha value is -0.370. The molecule has 1 atom stereocenters. The van der Waals surface area contributed by atoms with Crippen LogP contribution in [0.4, 0.5) is 4.39 Å². The monoisotopic (exact) mass is 443 g/mol. The summed E-state index contributed by atoms with van der Waals surface area (Å²) in [6, 6.07) is 5.38. The summed E-state index contributed by atoms with van der Waals surface area (Å²) in [6.45, 7) is 4.58. The molecule has 0 aliphatic rings. The van der Waals surface area contributed by atoms with Gasteiger partial charge in [0.15, 0.2) is 5.96 Å². The first kappa shape index (κ1) is 18.6. The maximum absolute atomic E-state index is 13.6. The largest absolute Gasteiger partial charge is 0.354 e. The lowest BCUT2D eigenvalue weighted by Gasteiger charge is -2.16. The van der Waals surface area contributed by atoms with Gasteiger partial charge in [-0.3, -0.25) is 4.99 Å². The highest BCUT2D eigenvalue weighted by Gasteiger charge is 2.05. The average Bonchev–Trinajstić information content (AvgIpc) is 2.35. The van der Waals surface area contributed by atoms with Crippen LogP contribution in [0.15, 0.2) is 27.7 Å². The van der Waals surface area contributed by atoms with Crippen molar-refractivity contribution in [1.29, 1.82) is 0 Å². The number of rotatable bonds is 4. The second-order valence-electron chi connectivity index (χ2n) is 4.12. The molecule has 0 heterocycles. The zero-order valence-electron chi connectivity index (χ0n) is 11.3. The number of nitrogens with zero attached hydrogens (tertiary/aromatic N) is 1. The van der Waals surface area contributed by atoms with Crippen molar-refractivity contribution in [2.24, 2.45) is 4.99 Å². The summed E-state index contributed by atoms with van der Waals surface area (Å²) in [4.78, 5) is 4.10. The smallest absolute Gasteiger partial charge is 0.191 e. The molecule has 0 saturated heterocycles. The Balaban J connectivity index is 0.00000324. The molecule has 0 radical (unpaired) electrons. The first-order chi connectivity index (χ1) is 8.56. The topological polar surface area (TPSA) is 36.4 Å². The lowest BCUT2D eigenvalue weighted by molar-refractivity contribution is 0.597. The maximum atomic E-state index is 13.6. The van der Waals surface area contributed by atoms with Crippen LogP contribution in [0.1, 0.15) is 25.8 Å². The van der Waals surface area contributed by atoms with E-state index in [-0.39, 0.29) is 29.8 Å². The minimum absolute atomic E-state index is 0. The molecule has 1 aromatic carbocycles. The van der Waals surface area contributed by atoms with Crippen molar-refractivity contribution in [3.05, 3.63) is 34.1 Å². The van der Waals surface area contributed by atoms with Gasteiger partial charge in [-0.1, -0.05) is 28.9 Å². The molecule has 0 spiro atoms. The highest BCUT2D eigenvalue weighted by molar-refractivity contribution is 14.0. The fourth-order valence-electron chi connectivity index (χ4n) is 1.37. The molecule has 0 saturated carbocycles. The third kappa shape index (κ3) is 6.56. The lowest BCUT2D eigenvalue weighted by Crippen LogP contribution is -2.41. The second-order valence-corrected chi connectivity index (χ2v) is 5.03. The normalized spacial score (nSPS) is 12.6. The summed E-state index contributed by atoms with van der Waals surface area (Å²) >= 11 is 3.24. The van der Waals surface area contributed by atoms with Crippen LogP contribution in [-0.4, -0.2) is 19.0 Å².